The van der Waals surface area contributed by atoms with Gasteiger partial charge in [0.05, 0.1) is 116 Å². The fraction of sp³-hybridized carbons (Fsp3) is 0.406. The number of hydrogen-bond acceptors (Lipinski definition) is 27. The number of nitrogens with one attached hydrogen (secondary N) is 13. The average molecular weight is 1960 g/mol. The molecule has 35 nitrogen and oxygen atoms in total. The fourth-order valence-electron chi connectivity index (χ4n) is 18.9. The van der Waals surface area contributed by atoms with E-state index >= 15 is 0 Å². The highest BCUT2D eigenvalue weighted by Crippen LogP contribution is 2.41. The van der Waals surface area contributed by atoms with Crippen LogP contribution in [0.3, 0.4) is 0 Å². The number of rotatable bonds is 26. The Balaban J connectivity index is 0.000000111. The van der Waals surface area contributed by atoms with Crippen LogP contribution in [0.4, 0.5) is 23.3 Å². The molecular weight excluding hydrogens is 1840 g/mol. The first kappa shape index (κ1) is 93.5. The molecule has 3 aliphatic heterocycles. The summed E-state index contributed by atoms with van der Waals surface area (Å²) in [5.41, 5.74) is 13.2. The lowest BCUT2D eigenvalue weighted by Crippen LogP contribution is -2.46. The van der Waals surface area contributed by atoms with E-state index in [1.165, 1.54) is 77.3 Å². The molecule has 0 aromatic carbocycles. The summed E-state index contributed by atoms with van der Waals surface area (Å²) >= 11 is 7.13. The summed E-state index contributed by atoms with van der Waals surface area (Å²) in [5.74, 6) is 3.72. The molecule has 5 saturated carbocycles. The van der Waals surface area contributed by atoms with Crippen molar-refractivity contribution in [3.8, 4) is 45.0 Å². The van der Waals surface area contributed by atoms with Crippen molar-refractivity contribution in [2.24, 2.45) is 0 Å². The van der Waals surface area contributed by atoms with Crippen LogP contribution in [0.25, 0.3) is 118 Å². The van der Waals surface area contributed by atoms with Gasteiger partial charge in [-0.05, 0) is 175 Å². The van der Waals surface area contributed by atoms with Gasteiger partial charge in [0.1, 0.15) is 23.3 Å². The largest absolute Gasteiger partial charge is 0.379 e. The van der Waals surface area contributed by atoms with Crippen molar-refractivity contribution in [1.82, 2.24) is 123 Å². The Morgan fingerprint density at radius 2 is 0.707 bits per heavy atom. The van der Waals surface area contributed by atoms with Crippen LogP contribution in [-0.2, 0) is 9.47 Å². The zero-order chi connectivity index (χ0) is 96.4. The Morgan fingerprint density at radius 3 is 1.01 bits per heavy atom. The minimum Gasteiger partial charge on any atom is -0.379 e. The van der Waals surface area contributed by atoms with Crippen molar-refractivity contribution in [1.29, 1.82) is 0 Å². The van der Waals surface area contributed by atoms with E-state index in [4.69, 9.17) is 29.4 Å². The molecule has 728 valence electrons. The minimum atomic E-state index is -0.281. The number of hydrogen-bond donors (Lipinski definition) is 13. The molecule has 5 aliphatic carbocycles. The number of imidazole rings is 4. The van der Waals surface area contributed by atoms with Crippen LogP contribution in [0.2, 0.25) is 0 Å². The lowest BCUT2D eigenvalue weighted by atomic mass is 10.1. The third-order valence-electron chi connectivity index (χ3n) is 27.5. The van der Waals surface area contributed by atoms with Crippen LogP contribution in [-0.4, -0.2) is 233 Å². The topological polar surface area (TPSA) is 407 Å². The zero-order valence-electron chi connectivity index (χ0n) is 79.9. The number of anilines is 4. The van der Waals surface area contributed by atoms with Gasteiger partial charge in [-0.3, -0.25) is 14.7 Å². The molecule has 8 fully saturated rings. The van der Waals surface area contributed by atoms with E-state index in [1.54, 1.807) is 70.1 Å². The van der Waals surface area contributed by atoms with Crippen LogP contribution in [0.1, 0.15) is 191 Å². The maximum absolute atomic E-state index is 11.7. The van der Waals surface area contributed by atoms with Crippen molar-refractivity contribution in [2.45, 2.75) is 198 Å². The summed E-state index contributed by atoms with van der Waals surface area (Å²) in [6, 6.07) is 21.9. The molecule has 0 radical (unpaired) electrons. The van der Waals surface area contributed by atoms with Gasteiger partial charge in [0.2, 0.25) is 0 Å². The molecule has 0 spiro atoms. The summed E-state index contributed by atoms with van der Waals surface area (Å²) in [5, 5.41) is 50.0. The number of morpholine rings is 2. The second-order valence-electron chi connectivity index (χ2n) is 38.7. The highest BCUT2D eigenvalue weighted by atomic mass is 32.1. The lowest BCUT2D eigenvalue weighted by Gasteiger charge is -2.38. The predicted octanol–water partition coefficient (Wildman–Crippen LogP) is 9.00. The standard InChI is InChI=1S/C26H32N8OS.C26H31N7O2S.C25H29N7OS.C24H27N7O2S/c1-15-21(31-26(35)28-15)9-17-12-27-34-24(29-19-5-6-19)11-22(30-25(17)34)18-10-23(36-14-18)16(2)33-8-7-20(13-33)32(3)4;1-14-11-32(12-15(2)35-14)17(4)23-8-19(13-36-23)22-9-24(29-20-5-6-20)33-25(30-22)18(10-27-33)7-21-16(3)28-26(34)31-21;1-14-20(31-25(33)28-14)9-16-12-26-32-23(29-19-7-8-19)11-21(30-24(16)32)17-10-22(34-13-17)15(2)27-18-5-3-4-6-18;1-14-19(29-24(32)26-14)9-16-12-25-31-22(27-18-3-4-18)11-20(28-23(16)31)17-10-21(34-13-17)15(2)30-5-7-33-8-6-30/h9-12,14,16,19-20,29H,1,5-8,13H2,2-4H3,(H2,28,31,35);7-10,13-15,17,20,29H,3,5-6,11-12H2,1-2,4H3,(H2,28,31,34);9-13,15,18-19,27,29H,1,3-8H2,2H3,(H2,28,31,33);9-13,15,18,27H,1,3-8H2,2H3,(H2,26,29,32)/b21-9-;21-7-;20-9-;19-9-. The highest BCUT2D eigenvalue weighted by Gasteiger charge is 2.34. The smallest absolute Gasteiger partial charge is 0.323 e. The highest BCUT2D eigenvalue weighted by molar-refractivity contribution is 7.11. The van der Waals surface area contributed by atoms with Crippen molar-refractivity contribution < 1.29 is 9.47 Å². The van der Waals surface area contributed by atoms with Crippen LogP contribution in [0.15, 0.2) is 114 Å². The minimum absolute atomic E-state index is 0.237. The number of aromatic amines is 8. The molecule has 16 aromatic rings. The Labute approximate surface area is 820 Å². The lowest BCUT2D eigenvalue weighted by molar-refractivity contribution is -0.0786. The average Bonchev–Trinajstić information content (AvgIpc) is 1.63. The Bertz CT molecular complexity index is 8010. The second-order valence-corrected chi connectivity index (χ2v) is 42.5. The first-order valence-corrected chi connectivity index (χ1v) is 52.1. The van der Waals surface area contributed by atoms with E-state index in [2.05, 4.69) is 258 Å². The monoisotopic (exact) mass is 1960 g/mol. The number of ether oxygens (including phenoxy) is 2. The van der Waals surface area contributed by atoms with Crippen molar-refractivity contribution in [2.75, 3.05) is 87.8 Å². The molecule has 7 unspecified atom stereocenters. The van der Waals surface area contributed by atoms with E-state index in [0.29, 0.717) is 103 Å². The Hall–Kier alpha value is -12.8. The molecule has 16 aromatic heterocycles. The fourth-order valence-corrected chi connectivity index (χ4v) is 22.8. The normalized spacial score (nSPS) is 19.9. The summed E-state index contributed by atoms with van der Waals surface area (Å²) in [6.07, 6.45) is 30.8. The number of thiophene rings is 4. The molecule has 0 amide bonds. The number of nitrogens with zero attached hydrogens (tertiary/aromatic N) is 16. The van der Waals surface area contributed by atoms with E-state index in [0.717, 1.165) is 191 Å². The number of fused-ring (bicyclic) bond motifs is 4. The van der Waals surface area contributed by atoms with Gasteiger partial charge in [-0.15, -0.1) is 45.3 Å². The van der Waals surface area contributed by atoms with Crippen molar-refractivity contribution >= 4 is 142 Å². The molecule has 19 heterocycles. The molecule has 3 saturated heterocycles. The van der Waals surface area contributed by atoms with Crippen molar-refractivity contribution in [3.63, 3.8) is 0 Å². The number of H-pyrrole nitrogens is 8. The number of aromatic nitrogens is 20. The second kappa shape index (κ2) is 39.7. The van der Waals surface area contributed by atoms with Gasteiger partial charge in [0.15, 0.2) is 22.6 Å². The van der Waals surface area contributed by atoms with Gasteiger partial charge in [-0.25, -0.2) is 39.1 Å². The number of likely N-dealkylation sites (tertiary alicyclic amines) is 1. The first-order valence-electron chi connectivity index (χ1n) is 48.6. The third-order valence-corrected chi connectivity index (χ3v) is 31.9. The molecular formula is C101H119N29O6S4. The van der Waals surface area contributed by atoms with Crippen molar-refractivity contribution in [3.05, 3.63) is 221 Å². The maximum atomic E-state index is 11.7. The van der Waals surface area contributed by atoms with E-state index in [9.17, 15) is 19.2 Å². The van der Waals surface area contributed by atoms with Crippen LogP contribution in [0.5, 0.6) is 0 Å². The Morgan fingerprint density at radius 1 is 0.393 bits per heavy atom. The first-order chi connectivity index (χ1) is 67.8. The predicted molar refractivity (Wildman–Crippen MR) is 557 cm³/mol. The molecule has 39 heteroatoms. The van der Waals surface area contributed by atoms with Gasteiger partial charge in [0.25, 0.3) is 0 Å². The summed E-state index contributed by atoms with van der Waals surface area (Å²) in [7, 11) is 4.34. The molecule has 7 atom stereocenters. The molecule has 13 N–H and O–H groups in total. The molecule has 0 bridgehead atoms. The zero-order valence-corrected chi connectivity index (χ0v) is 83.2. The molecule has 140 heavy (non-hydrogen) atoms. The van der Waals surface area contributed by atoms with E-state index in [1.807, 2.05) is 42.4 Å². The van der Waals surface area contributed by atoms with E-state index in [-0.39, 0.29) is 35.0 Å². The third kappa shape index (κ3) is 21.0. The Kier molecular flexibility index (Phi) is 26.5. The van der Waals surface area contributed by atoms with Gasteiger partial charge in [-0.2, -0.15) is 38.5 Å². The van der Waals surface area contributed by atoms with Crippen LogP contribution >= 0.6 is 45.3 Å². The van der Waals surface area contributed by atoms with Gasteiger partial charge >= 0.3 is 22.8 Å². The van der Waals surface area contributed by atoms with Gasteiger partial charge in [0, 0.05) is 209 Å². The SMILES string of the molecule is C=c1[nH]c(=O)[nH]/c1=C\c1cnn2c(NC3CC3)cc(-c3csc(C(C)N4CC(C)OC(C)C4)c3)nc12.C=c1[nH]c(=O)[nH]/c1=C\c1cnn2c(NC3CC3)cc(-c3csc(C(C)N4CCC(N(C)C)C4)c3)nc12.C=c1[nH]c(=O)[nH]/c1=C\c1cnn2c(NC3CC3)cc(-c3csc(C(C)N4CCOCC4)c3)nc12.C=c1[nH]c(=O)[nH]/c1=C\c1cnn2c(NC3CC3)cc(-c3csc(C(C)NC4CCCC4)c3)nc12. The molecule has 24 rings (SSSR count). The molecule has 8 aliphatic rings. The van der Waals surface area contributed by atoms with E-state index < -0.39 is 0 Å². The van der Waals surface area contributed by atoms with Gasteiger partial charge < -0.3 is 80.8 Å². The number of likely N-dealkylation sites (N-methyl/N-ethyl adjacent to an activating group) is 1. The van der Waals surface area contributed by atoms with Crippen LogP contribution < -0.4 is 92.1 Å². The summed E-state index contributed by atoms with van der Waals surface area (Å²) in [6.45, 7) is 36.6. The van der Waals surface area contributed by atoms with Gasteiger partial charge in [-0.1, -0.05) is 39.2 Å². The van der Waals surface area contributed by atoms with Crippen LogP contribution in [0, 0.1) is 0 Å². The summed E-state index contributed by atoms with van der Waals surface area (Å²) in [4.78, 5) is 104. The maximum Gasteiger partial charge on any atom is 0.323 e. The summed E-state index contributed by atoms with van der Waals surface area (Å²) < 4.78 is 18.8. The quantitative estimate of drug-likeness (QED) is 0.0240.